The van der Waals surface area contributed by atoms with Crippen molar-refractivity contribution in [2.45, 2.75) is 26.7 Å². The van der Waals surface area contributed by atoms with Crippen LogP contribution in [0.25, 0.3) is 33.3 Å². The van der Waals surface area contributed by atoms with Crippen LogP contribution in [0.1, 0.15) is 24.5 Å². The molecule has 27 heavy (non-hydrogen) atoms. The molecule has 2 aromatic carbocycles. The van der Waals surface area contributed by atoms with Crippen molar-refractivity contribution in [3.05, 3.63) is 78.0 Å². The van der Waals surface area contributed by atoms with E-state index < -0.39 is 0 Å². The molecule has 0 saturated heterocycles. The summed E-state index contributed by atoms with van der Waals surface area (Å²) in [6.07, 6.45) is 4.22. The van der Waals surface area contributed by atoms with Gasteiger partial charge < -0.3 is 0 Å². The van der Waals surface area contributed by atoms with Crippen LogP contribution < -0.4 is 5.44 Å². The van der Waals surface area contributed by atoms with Gasteiger partial charge in [0.1, 0.15) is 0 Å². The number of nitrogens with zero attached hydrogens (tertiary/aromatic N) is 2. The lowest BCUT2D eigenvalue weighted by atomic mass is 10.00. The molecule has 134 valence electrons. The molecular weight excluding hydrogens is 347 g/mol. The predicted molar refractivity (Wildman–Crippen MR) is 118 cm³/mol. The fourth-order valence-electron chi connectivity index (χ4n) is 3.44. The van der Waals surface area contributed by atoms with Crippen LogP contribution in [-0.4, -0.2) is 9.97 Å². The van der Waals surface area contributed by atoms with E-state index >= 15 is 0 Å². The van der Waals surface area contributed by atoms with Crippen molar-refractivity contribution in [1.82, 2.24) is 9.97 Å². The Morgan fingerprint density at radius 2 is 1.48 bits per heavy atom. The Morgan fingerprint density at radius 1 is 0.852 bits per heavy atom. The molecule has 3 heteroatoms. The van der Waals surface area contributed by atoms with E-state index in [4.69, 9.17) is 4.98 Å². The minimum absolute atomic E-state index is 0.911. The van der Waals surface area contributed by atoms with Crippen LogP contribution in [0.5, 0.6) is 0 Å². The van der Waals surface area contributed by atoms with E-state index in [-0.39, 0.29) is 0 Å². The topological polar surface area (TPSA) is 25.8 Å². The van der Waals surface area contributed by atoms with E-state index in [1.54, 1.807) is 0 Å². The average molecular weight is 370 g/mol. The minimum atomic E-state index is 0.911. The highest BCUT2D eigenvalue weighted by molar-refractivity contribution is 7.26. The molecule has 0 saturated carbocycles. The molecule has 2 aromatic heterocycles. The lowest BCUT2D eigenvalue weighted by molar-refractivity contribution is 0.922. The molecular formula is C24H23N2P. The summed E-state index contributed by atoms with van der Waals surface area (Å²) in [4.78, 5) is 9.20. The van der Waals surface area contributed by atoms with Gasteiger partial charge in [-0.3, -0.25) is 4.98 Å². The van der Waals surface area contributed by atoms with E-state index in [2.05, 4.69) is 82.7 Å². The van der Waals surface area contributed by atoms with Gasteiger partial charge in [-0.1, -0.05) is 71.1 Å². The van der Waals surface area contributed by atoms with Gasteiger partial charge in [0.25, 0.3) is 0 Å². The zero-order valence-electron chi connectivity index (χ0n) is 15.7. The quantitative estimate of drug-likeness (QED) is 0.429. The third-order valence-electron chi connectivity index (χ3n) is 4.93. The first-order valence-electron chi connectivity index (χ1n) is 9.36. The van der Waals surface area contributed by atoms with Crippen LogP contribution in [-0.2, 0) is 6.42 Å². The minimum Gasteiger partial charge on any atom is -0.256 e. The van der Waals surface area contributed by atoms with Crippen LogP contribution >= 0.6 is 9.24 Å². The summed E-state index contributed by atoms with van der Waals surface area (Å²) in [5, 5.41) is 1.11. The molecule has 1 unspecified atom stereocenters. The Balaban J connectivity index is 1.66. The second-order valence-electron chi connectivity index (χ2n) is 6.97. The molecule has 4 rings (SSSR count). The Morgan fingerprint density at radius 3 is 2.15 bits per heavy atom. The monoisotopic (exact) mass is 370 g/mol. The SMILES string of the molecule is CCCc1ccc(-c2ccc(-c3cc(C)c4cnc(P)cc4n3)cc2)cc1. The number of rotatable bonds is 4. The number of aromatic nitrogens is 2. The van der Waals surface area contributed by atoms with Gasteiger partial charge in [-0.15, -0.1) is 0 Å². The standard InChI is InChI=1S/C24H23N2P/c1-3-4-17-5-7-18(8-6-17)19-9-11-20(12-10-19)22-13-16(2)21-15-25-24(27)14-23(21)26-22/h5-15H,3-4,27H2,1-2H3. The number of benzene rings is 2. The molecule has 0 radical (unpaired) electrons. The van der Waals surface area contributed by atoms with Crippen LogP contribution in [0.4, 0.5) is 0 Å². The number of hydrogen-bond acceptors (Lipinski definition) is 2. The van der Waals surface area contributed by atoms with Crippen molar-refractivity contribution < 1.29 is 0 Å². The first-order valence-corrected chi connectivity index (χ1v) is 9.94. The highest BCUT2D eigenvalue weighted by atomic mass is 31.0. The van der Waals surface area contributed by atoms with Crippen LogP contribution in [0.2, 0.25) is 0 Å². The maximum Gasteiger partial charge on any atom is 0.0749 e. The van der Waals surface area contributed by atoms with Crippen molar-refractivity contribution in [2.24, 2.45) is 0 Å². The Bertz CT molecular complexity index is 1080. The molecule has 2 heterocycles. The summed E-state index contributed by atoms with van der Waals surface area (Å²) in [5.41, 5.74) is 9.11. The van der Waals surface area contributed by atoms with Gasteiger partial charge in [0.15, 0.2) is 0 Å². The average Bonchev–Trinajstić information content (AvgIpc) is 2.68. The molecule has 0 aliphatic carbocycles. The van der Waals surface area contributed by atoms with Crippen LogP contribution in [0, 0.1) is 6.92 Å². The maximum absolute atomic E-state index is 4.85. The van der Waals surface area contributed by atoms with E-state index in [0.29, 0.717) is 0 Å². The predicted octanol–water partition coefficient (Wildman–Crippen LogP) is 5.73. The van der Waals surface area contributed by atoms with Crippen molar-refractivity contribution in [1.29, 1.82) is 0 Å². The largest absolute Gasteiger partial charge is 0.256 e. The van der Waals surface area contributed by atoms with E-state index in [9.17, 15) is 0 Å². The lowest BCUT2D eigenvalue weighted by Gasteiger charge is -2.09. The number of pyridine rings is 2. The number of aryl methyl sites for hydroxylation is 2. The fraction of sp³-hybridized carbons (Fsp3) is 0.167. The maximum atomic E-state index is 4.85. The summed E-state index contributed by atoms with van der Waals surface area (Å²) in [7, 11) is 2.64. The van der Waals surface area contributed by atoms with Gasteiger partial charge in [0.05, 0.1) is 16.6 Å². The second kappa shape index (κ2) is 7.58. The highest BCUT2D eigenvalue weighted by Crippen LogP contribution is 2.27. The van der Waals surface area contributed by atoms with Crippen LogP contribution in [0.15, 0.2) is 66.9 Å². The normalized spacial score (nSPS) is 11.1. The van der Waals surface area contributed by atoms with E-state index in [0.717, 1.165) is 34.0 Å². The summed E-state index contributed by atoms with van der Waals surface area (Å²) >= 11 is 0. The summed E-state index contributed by atoms with van der Waals surface area (Å²) in [6.45, 7) is 4.33. The van der Waals surface area contributed by atoms with Gasteiger partial charge in [0, 0.05) is 17.1 Å². The molecule has 0 fully saturated rings. The Kier molecular flexibility index (Phi) is 5.01. The van der Waals surface area contributed by atoms with Crippen LogP contribution in [0.3, 0.4) is 0 Å². The second-order valence-corrected chi connectivity index (χ2v) is 7.57. The summed E-state index contributed by atoms with van der Waals surface area (Å²) in [6, 6.07) is 21.7. The molecule has 1 atom stereocenters. The smallest absolute Gasteiger partial charge is 0.0749 e. The van der Waals surface area contributed by atoms with Crippen molar-refractivity contribution in [3.8, 4) is 22.4 Å². The fourth-order valence-corrected chi connectivity index (χ4v) is 3.67. The highest BCUT2D eigenvalue weighted by Gasteiger charge is 2.07. The van der Waals surface area contributed by atoms with Gasteiger partial charge in [-0.05, 0) is 47.7 Å². The zero-order valence-corrected chi connectivity index (χ0v) is 16.9. The molecule has 0 aliphatic rings. The summed E-state index contributed by atoms with van der Waals surface area (Å²) in [5.74, 6) is 0. The molecule has 0 spiro atoms. The van der Waals surface area contributed by atoms with Gasteiger partial charge in [-0.2, -0.15) is 0 Å². The molecule has 0 N–H and O–H groups in total. The van der Waals surface area contributed by atoms with E-state index in [1.807, 2.05) is 12.3 Å². The Hall–Kier alpha value is -2.57. The molecule has 0 amide bonds. The van der Waals surface area contributed by atoms with Crippen molar-refractivity contribution >= 4 is 25.6 Å². The third-order valence-corrected chi connectivity index (χ3v) is 5.24. The first-order chi connectivity index (χ1) is 13.1. The molecule has 0 aliphatic heterocycles. The van der Waals surface area contributed by atoms with Gasteiger partial charge in [-0.25, -0.2) is 4.98 Å². The first kappa shape index (κ1) is 17.8. The lowest BCUT2D eigenvalue weighted by Crippen LogP contribution is -1.98. The van der Waals surface area contributed by atoms with Crippen molar-refractivity contribution in [2.75, 3.05) is 0 Å². The van der Waals surface area contributed by atoms with E-state index in [1.165, 1.54) is 28.7 Å². The van der Waals surface area contributed by atoms with Gasteiger partial charge in [0.2, 0.25) is 0 Å². The zero-order chi connectivity index (χ0) is 18.8. The molecule has 4 aromatic rings. The molecule has 0 bridgehead atoms. The summed E-state index contributed by atoms with van der Waals surface area (Å²) < 4.78 is 0. The van der Waals surface area contributed by atoms with Gasteiger partial charge >= 0.3 is 0 Å². The number of fused-ring (bicyclic) bond motifs is 1. The Labute approximate surface area is 162 Å². The third kappa shape index (κ3) is 3.77. The van der Waals surface area contributed by atoms with Crippen molar-refractivity contribution in [3.63, 3.8) is 0 Å². The number of hydrogen-bond donors (Lipinski definition) is 0. The molecule has 2 nitrogen and oxygen atoms in total.